The molecule has 2 N–H and O–H groups in total. The number of hydrogen-bond donors (Lipinski definition) is 2. The Morgan fingerprint density at radius 2 is 2.11 bits per heavy atom. The summed E-state index contributed by atoms with van der Waals surface area (Å²) < 4.78 is 4.55. The molecule has 0 bridgehead atoms. The number of carbonyl (C=O) groups excluding carboxylic acids is 1. The van der Waals surface area contributed by atoms with Crippen molar-refractivity contribution in [2.24, 2.45) is 5.92 Å². The van der Waals surface area contributed by atoms with Crippen molar-refractivity contribution in [1.29, 1.82) is 0 Å². The van der Waals surface area contributed by atoms with E-state index in [4.69, 9.17) is 5.11 Å². The van der Waals surface area contributed by atoms with E-state index < -0.39 is 11.9 Å². The molecule has 0 spiro atoms. The Morgan fingerprint density at radius 1 is 1.47 bits per heavy atom. The third kappa shape index (κ3) is 4.36. The normalized spacial score (nSPS) is 12.7. The van der Waals surface area contributed by atoms with Crippen LogP contribution in [-0.2, 0) is 0 Å². The van der Waals surface area contributed by atoms with Crippen molar-refractivity contribution in [3.63, 3.8) is 0 Å². The SMILES string of the molecule is CC(C)C(CN(C)C)NC(=O)c1cc(C(=O)O)on1. The average Bonchev–Trinajstić information content (AvgIpc) is 2.76. The number of rotatable bonds is 6. The molecule has 1 unspecified atom stereocenters. The zero-order valence-corrected chi connectivity index (χ0v) is 11.5. The van der Waals surface area contributed by atoms with Gasteiger partial charge in [0.2, 0.25) is 5.76 Å². The summed E-state index contributed by atoms with van der Waals surface area (Å²) in [4.78, 5) is 24.5. The maximum Gasteiger partial charge on any atom is 0.374 e. The van der Waals surface area contributed by atoms with Gasteiger partial charge < -0.3 is 19.8 Å². The number of nitrogens with zero attached hydrogens (tertiary/aromatic N) is 2. The highest BCUT2D eigenvalue weighted by molar-refractivity contribution is 5.94. The lowest BCUT2D eigenvalue weighted by Gasteiger charge is -2.25. The van der Waals surface area contributed by atoms with Gasteiger partial charge >= 0.3 is 5.97 Å². The number of likely N-dealkylation sites (N-methyl/N-ethyl adjacent to an activating group) is 1. The minimum absolute atomic E-state index is 0.0261. The molecule has 0 fully saturated rings. The maximum absolute atomic E-state index is 11.9. The molecule has 0 aromatic carbocycles. The van der Waals surface area contributed by atoms with Crippen molar-refractivity contribution < 1.29 is 19.2 Å². The summed E-state index contributed by atoms with van der Waals surface area (Å²) in [5.74, 6) is -1.78. The van der Waals surface area contributed by atoms with E-state index in [9.17, 15) is 9.59 Å². The molecule has 0 saturated carbocycles. The van der Waals surface area contributed by atoms with Crippen LogP contribution in [0.2, 0.25) is 0 Å². The van der Waals surface area contributed by atoms with Crippen LogP contribution in [0.5, 0.6) is 0 Å². The molecule has 0 radical (unpaired) electrons. The van der Waals surface area contributed by atoms with Crippen molar-refractivity contribution in [2.75, 3.05) is 20.6 Å². The van der Waals surface area contributed by atoms with E-state index in [1.807, 2.05) is 32.8 Å². The van der Waals surface area contributed by atoms with E-state index in [1.54, 1.807) is 0 Å². The van der Waals surface area contributed by atoms with Crippen molar-refractivity contribution in [3.8, 4) is 0 Å². The van der Waals surface area contributed by atoms with Crippen LogP contribution in [-0.4, -0.2) is 53.7 Å². The van der Waals surface area contributed by atoms with Crippen LogP contribution >= 0.6 is 0 Å². The molecule has 0 aliphatic rings. The second kappa shape index (κ2) is 6.33. The van der Waals surface area contributed by atoms with Crippen molar-refractivity contribution in [2.45, 2.75) is 19.9 Å². The molecular weight excluding hydrogens is 250 g/mol. The first kappa shape index (κ1) is 15.2. The Balaban J connectivity index is 2.73. The number of nitrogens with one attached hydrogen (secondary N) is 1. The first-order valence-electron chi connectivity index (χ1n) is 5.97. The molecule has 1 aromatic heterocycles. The lowest BCUT2D eigenvalue weighted by atomic mass is 10.0. The largest absolute Gasteiger partial charge is 0.475 e. The lowest BCUT2D eigenvalue weighted by molar-refractivity contribution is 0.0650. The van der Waals surface area contributed by atoms with Gasteiger partial charge in [-0.15, -0.1) is 0 Å². The van der Waals surface area contributed by atoms with Crippen LogP contribution < -0.4 is 5.32 Å². The molecule has 0 saturated heterocycles. The predicted octanol–water partition coefficient (Wildman–Crippen LogP) is 0.689. The van der Waals surface area contributed by atoms with E-state index in [-0.39, 0.29) is 23.4 Å². The molecule has 1 amide bonds. The average molecular weight is 269 g/mol. The van der Waals surface area contributed by atoms with Gasteiger partial charge in [-0.25, -0.2) is 4.79 Å². The van der Waals surface area contributed by atoms with Gasteiger partial charge in [-0.3, -0.25) is 4.79 Å². The fraction of sp³-hybridized carbons (Fsp3) is 0.583. The van der Waals surface area contributed by atoms with Gasteiger partial charge in [-0.1, -0.05) is 19.0 Å². The summed E-state index contributed by atoms with van der Waals surface area (Å²) >= 11 is 0. The molecule has 0 aliphatic heterocycles. The molecule has 0 aliphatic carbocycles. The Hall–Kier alpha value is -1.89. The Labute approximate surface area is 111 Å². The molecule has 1 heterocycles. The summed E-state index contributed by atoms with van der Waals surface area (Å²) in [6, 6.07) is 1.07. The van der Waals surface area contributed by atoms with Crippen LogP contribution in [0.15, 0.2) is 10.6 Å². The highest BCUT2D eigenvalue weighted by Gasteiger charge is 2.21. The minimum atomic E-state index is -1.25. The predicted molar refractivity (Wildman–Crippen MR) is 68.1 cm³/mol. The van der Waals surface area contributed by atoms with Gasteiger partial charge in [0.05, 0.1) is 0 Å². The number of amides is 1. The van der Waals surface area contributed by atoms with Gasteiger partial charge in [0.1, 0.15) is 0 Å². The number of hydrogen-bond acceptors (Lipinski definition) is 5. The highest BCUT2D eigenvalue weighted by Crippen LogP contribution is 2.07. The topological polar surface area (TPSA) is 95.7 Å². The fourth-order valence-corrected chi connectivity index (χ4v) is 1.54. The summed E-state index contributed by atoms with van der Waals surface area (Å²) in [6.45, 7) is 4.69. The van der Waals surface area contributed by atoms with Crippen LogP contribution in [0.3, 0.4) is 0 Å². The molecule has 7 heteroatoms. The zero-order chi connectivity index (χ0) is 14.6. The first-order chi connectivity index (χ1) is 8.81. The van der Waals surface area contributed by atoms with Gasteiger partial charge in [0, 0.05) is 18.7 Å². The van der Waals surface area contributed by atoms with Crippen molar-refractivity contribution in [3.05, 3.63) is 17.5 Å². The number of aromatic carboxylic acids is 1. The van der Waals surface area contributed by atoms with Crippen molar-refractivity contribution in [1.82, 2.24) is 15.4 Å². The number of carboxylic acids is 1. The van der Waals surface area contributed by atoms with Crippen LogP contribution in [0, 0.1) is 5.92 Å². The number of aromatic nitrogens is 1. The Bertz CT molecular complexity index is 454. The van der Waals surface area contributed by atoms with Gasteiger partial charge in [0.15, 0.2) is 5.69 Å². The summed E-state index contributed by atoms with van der Waals surface area (Å²) in [5.41, 5.74) is -0.0261. The second-order valence-corrected chi connectivity index (χ2v) is 4.97. The van der Waals surface area contributed by atoms with Gasteiger partial charge in [-0.05, 0) is 20.0 Å². The Morgan fingerprint density at radius 3 is 2.53 bits per heavy atom. The standard InChI is InChI=1S/C12H19N3O4/c1-7(2)9(6-15(3)4)13-11(16)8-5-10(12(17)18)19-14-8/h5,7,9H,6H2,1-4H3,(H,13,16)(H,17,18). The fourth-order valence-electron chi connectivity index (χ4n) is 1.54. The molecule has 106 valence electrons. The van der Waals surface area contributed by atoms with Crippen LogP contribution in [0.4, 0.5) is 0 Å². The highest BCUT2D eigenvalue weighted by atomic mass is 16.5. The van der Waals surface area contributed by atoms with E-state index in [0.717, 1.165) is 6.07 Å². The monoisotopic (exact) mass is 269 g/mol. The number of carboxylic acid groups (broad SMARTS) is 1. The van der Waals surface area contributed by atoms with E-state index >= 15 is 0 Å². The quantitative estimate of drug-likeness (QED) is 0.788. The maximum atomic E-state index is 11.9. The molecule has 19 heavy (non-hydrogen) atoms. The van der Waals surface area contributed by atoms with Crippen molar-refractivity contribution >= 4 is 11.9 Å². The third-order valence-electron chi connectivity index (χ3n) is 2.64. The van der Waals surface area contributed by atoms with E-state index in [2.05, 4.69) is 15.0 Å². The molecule has 1 rings (SSSR count). The molecule has 1 atom stereocenters. The van der Waals surface area contributed by atoms with E-state index in [1.165, 1.54) is 0 Å². The van der Waals surface area contributed by atoms with Crippen LogP contribution in [0.25, 0.3) is 0 Å². The Kier molecular flexibility index (Phi) is 5.05. The molecular formula is C12H19N3O4. The summed E-state index contributed by atoms with van der Waals surface area (Å²) in [5, 5.41) is 15.0. The number of carbonyl (C=O) groups is 2. The van der Waals surface area contributed by atoms with Gasteiger partial charge in [-0.2, -0.15) is 0 Å². The lowest BCUT2D eigenvalue weighted by Crippen LogP contribution is -2.45. The zero-order valence-electron chi connectivity index (χ0n) is 11.5. The van der Waals surface area contributed by atoms with E-state index in [0.29, 0.717) is 6.54 Å². The van der Waals surface area contributed by atoms with Gasteiger partial charge in [0.25, 0.3) is 5.91 Å². The smallest absolute Gasteiger partial charge is 0.374 e. The second-order valence-electron chi connectivity index (χ2n) is 4.97. The minimum Gasteiger partial charge on any atom is -0.475 e. The summed E-state index contributed by atoms with van der Waals surface area (Å²) in [6.07, 6.45) is 0. The first-order valence-corrected chi connectivity index (χ1v) is 5.97. The third-order valence-corrected chi connectivity index (χ3v) is 2.64. The molecule has 1 aromatic rings. The van der Waals surface area contributed by atoms with Crippen LogP contribution in [0.1, 0.15) is 34.9 Å². The molecule has 7 nitrogen and oxygen atoms in total. The summed E-state index contributed by atoms with van der Waals surface area (Å²) in [7, 11) is 3.83.